The number of nitrogens with zero attached hydrogens (tertiary/aromatic N) is 1. The lowest BCUT2D eigenvalue weighted by Gasteiger charge is -2.21. The fourth-order valence-corrected chi connectivity index (χ4v) is 2.02. The standard InChI is InChI=1S/C12H13FN2O3/c13-8-4-1-2-5-9(8)14-12(18)15-7-3-6-10(15)11(16)17/h1-2,4-5,10H,3,6-7H2,(H,14,18)(H,16,17). The van der Waals surface area contributed by atoms with E-state index in [2.05, 4.69) is 5.32 Å². The molecular formula is C12H13FN2O3. The molecule has 0 aromatic heterocycles. The lowest BCUT2D eigenvalue weighted by molar-refractivity contribution is -0.141. The Hall–Kier alpha value is -2.11. The van der Waals surface area contributed by atoms with E-state index in [1.807, 2.05) is 0 Å². The van der Waals surface area contributed by atoms with Gasteiger partial charge in [0.15, 0.2) is 0 Å². The summed E-state index contributed by atoms with van der Waals surface area (Å²) in [6.45, 7) is 0.372. The number of anilines is 1. The summed E-state index contributed by atoms with van der Waals surface area (Å²) in [5.41, 5.74) is 0.0542. The maximum Gasteiger partial charge on any atom is 0.326 e. The van der Waals surface area contributed by atoms with Crippen LogP contribution in [0.25, 0.3) is 0 Å². The normalized spacial score (nSPS) is 18.7. The number of hydrogen-bond acceptors (Lipinski definition) is 2. The molecule has 2 N–H and O–H groups in total. The molecule has 18 heavy (non-hydrogen) atoms. The van der Waals surface area contributed by atoms with Crippen molar-refractivity contribution in [3.63, 3.8) is 0 Å². The van der Waals surface area contributed by atoms with Crippen molar-refractivity contribution in [2.24, 2.45) is 0 Å². The summed E-state index contributed by atoms with van der Waals surface area (Å²) in [6.07, 6.45) is 1.07. The molecule has 1 aromatic rings. The lowest BCUT2D eigenvalue weighted by atomic mass is 10.2. The first-order valence-electron chi connectivity index (χ1n) is 5.64. The molecule has 2 rings (SSSR count). The van der Waals surface area contributed by atoms with E-state index < -0.39 is 23.9 Å². The van der Waals surface area contributed by atoms with E-state index in [0.29, 0.717) is 19.4 Å². The fourth-order valence-electron chi connectivity index (χ4n) is 2.02. The Morgan fingerprint density at radius 2 is 2.11 bits per heavy atom. The van der Waals surface area contributed by atoms with Gasteiger partial charge in [0.2, 0.25) is 0 Å². The first-order valence-corrected chi connectivity index (χ1v) is 5.64. The molecule has 0 spiro atoms. The molecule has 5 nitrogen and oxygen atoms in total. The SMILES string of the molecule is O=C(O)C1CCCN1C(=O)Nc1ccccc1F. The number of carbonyl (C=O) groups excluding carboxylic acids is 1. The first-order chi connectivity index (χ1) is 8.59. The van der Waals surface area contributed by atoms with Crippen LogP contribution in [-0.2, 0) is 4.79 Å². The molecule has 1 unspecified atom stereocenters. The third-order valence-corrected chi connectivity index (χ3v) is 2.91. The number of nitrogens with one attached hydrogen (secondary N) is 1. The Bertz CT molecular complexity index is 478. The summed E-state index contributed by atoms with van der Waals surface area (Å²) in [4.78, 5) is 24.0. The highest BCUT2D eigenvalue weighted by molar-refractivity contribution is 5.92. The van der Waals surface area contributed by atoms with E-state index >= 15 is 0 Å². The van der Waals surface area contributed by atoms with Gasteiger partial charge in [0, 0.05) is 6.54 Å². The van der Waals surface area contributed by atoms with Gasteiger partial charge >= 0.3 is 12.0 Å². The van der Waals surface area contributed by atoms with Gasteiger partial charge in [0.1, 0.15) is 11.9 Å². The number of carboxylic acid groups (broad SMARTS) is 1. The molecule has 1 aromatic carbocycles. The van der Waals surface area contributed by atoms with Crippen molar-refractivity contribution in [3.8, 4) is 0 Å². The lowest BCUT2D eigenvalue weighted by Crippen LogP contribution is -2.42. The Morgan fingerprint density at radius 3 is 2.78 bits per heavy atom. The van der Waals surface area contributed by atoms with Crippen molar-refractivity contribution in [1.29, 1.82) is 0 Å². The molecule has 1 fully saturated rings. The minimum atomic E-state index is -1.03. The second-order valence-corrected chi connectivity index (χ2v) is 4.10. The minimum Gasteiger partial charge on any atom is -0.480 e. The third-order valence-electron chi connectivity index (χ3n) is 2.91. The molecule has 1 heterocycles. The second-order valence-electron chi connectivity index (χ2n) is 4.10. The number of rotatable bonds is 2. The van der Waals surface area contributed by atoms with E-state index in [-0.39, 0.29) is 5.69 Å². The van der Waals surface area contributed by atoms with Gasteiger partial charge < -0.3 is 15.3 Å². The van der Waals surface area contributed by atoms with Crippen LogP contribution in [-0.4, -0.2) is 34.6 Å². The summed E-state index contributed by atoms with van der Waals surface area (Å²) in [6, 6.07) is 4.37. The highest BCUT2D eigenvalue weighted by Gasteiger charge is 2.34. The van der Waals surface area contributed by atoms with Gasteiger partial charge in [-0.25, -0.2) is 14.0 Å². The Labute approximate surface area is 103 Å². The van der Waals surface area contributed by atoms with E-state index in [1.54, 1.807) is 6.07 Å². The van der Waals surface area contributed by atoms with E-state index in [9.17, 15) is 14.0 Å². The first kappa shape index (κ1) is 12.3. The van der Waals surface area contributed by atoms with Gasteiger partial charge in [-0.3, -0.25) is 0 Å². The van der Waals surface area contributed by atoms with Crippen molar-refractivity contribution >= 4 is 17.7 Å². The number of benzene rings is 1. The van der Waals surface area contributed by atoms with Gasteiger partial charge in [0.05, 0.1) is 5.69 Å². The number of para-hydroxylation sites is 1. The molecule has 1 aliphatic heterocycles. The molecule has 1 atom stereocenters. The Balaban J connectivity index is 2.08. The number of urea groups is 1. The summed E-state index contributed by atoms with van der Waals surface area (Å²) in [5.74, 6) is -1.58. The van der Waals surface area contributed by atoms with Crippen LogP contribution in [0.1, 0.15) is 12.8 Å². The van der Waals surface area contributed by atoms with Gasteiger partial charge in [-0.2, -0.15) is 0 Å². The molecule has 1 saturated heterocycles. The summed E-state index contributed by atoms with van der Waals surface area (Å²) >= 11 is 0. The molecule has 0 aliphatic carbocycles. The maximum atomic E-state index is 13.3. The summed E-state index contributed by atoms with van der Waals surface area (Å²) in [5, 5.41) is 11.3. The molecule has 0 bridgehead atoms. The van der Waals surface area contributed by atoms with Crippen molar-refractivity contribution in [2.75, 3.05) is 11.9 Å². The Morgan fingerprint density at radius 1 is 1.39 bits per heavy atom. The molecule has 1 aliphatic rings. The van der Waals surface area contributed by atoms with Crippen LogP contribution in [0.5, 0.6) is 0 Å². The van der Waals surface area contributed by atoms with E-state index in [0.717, 1.165) is 0 Å². The molecule has 6 heteroatoms. The van der Waals surface area contributed by atoms with E-state index in [1.165, 1.54) is 23.1 Å². The number of carbonyl (C=O) groups is 2. The van der Waals surface area contributed by atoms with Crippen LogP contribution >= 0.6 is 0 Å². The minimum absolute atomic E-state index is 0.0542. The zero-order chi connectivity index (χ0) is 13.1. The van der Waals surface area contributed by atoms with Crippen LogP contribution in [0.4, 0.5) is 14.9 Å². The van der Waals surface area contributed by atoms with Crippen molar-refractivity contribution < 1.29 is 19.1 Å². The molecule has 96 valence electrons. The number of halogens is 1. The number of amides is 2. The van der Waals surface area contributed by atoms with Crippen LogP contribution in [0.2, 0.25) is 0 Å². The number of carboxylic acids is 1. The molecule has 0 saturated carbocycles. The smallest absolute Gasteiger partial charge is 0.326 e. The highest BCUT2D eigenvalue weighted by atomic mass is 19.1. The number of aliphatic carboxylic acids is 1. The summed E-state index contributed by atoms with van der Waals surface area (Å²) < 4.78 is 13.3. The fraction of sp³-hybridized carbons (Fsp3) is 0.333. The quantitative estimate of drug-likeness (QED) is 0.844. The van der Waals surface area contributed by atoms with Crippen LogP contribution in [0, 0.1) is 5.82 Å². The van der Waals surface area contributed by atoms with Crippen LogP contribution in [0.15, 0.2) is 24.3 Å². The summed E-state index contributed by atoms with van der Waals surface area (Å²) in [7, 11) is 0. The van der Waals surface area contributed by atoms with Crippen molar-refractivity contribution in [2.45, 2.75) is 18.9 Å². The number of likely N-dealkylation sites (tertiary alicyclic amines) is 1. The zero-order valence-corrected chi connectivity index (χ0v) is 9.60. The highest BCUT2D eigenvalue weighted by Crippen LogP contribution is 2.20. The van der Waals surface area contributed by atoms with Gasteiger partial charge in [-0.05, 0) is 25.0 Å². The van der Waals surface area contributed by atoms with E-state index in [4.69, 9.17) is 5.11 Å². The largest absolute Gasteiger partial charge is 0.480 e. The second kappa shape index (κ2) is 5.03. The number of hydrogen-bond donors (Lipinski definition) is 2. The monoisotopic (exact) mass is 252 g/mol. The Kier molecular flexibility index (Phi) is 3.45. The van der Waals surface area contributed by atoms with Crippen molar-refractivity contribution in [3.05, 3.63) is 30.1 Å². The molecular weight excluding hydrogens is 239 g/mol. The molecule has 2 amide bonds. The van der Waals surface area contributed by atoms with Crippen molar-refractivity contribution in [1.82, 2.24) is 4.90 Å². The predicted octanol–water partition coefficient (Wildman–Crippen LogP) is 1.91. The van der Waals surface area contributed by atoms with Gasteiger partial charge in [-0.1, -0.05) is 12.1 Å². The van der Waals surface area contributed by atoms with Gasteiger partial charge in [-0.15, -0.1) is 0 Å². The van der Waals surface area contributed by atoms with Crippen LogP contribution in [0.3, 0.4) is 0 Å². The van der Waals surface area contributed by atoms with Crippen LogP contribution < -0.4 is 5.32 Å². The maximum absolute atomic E-state index is 13.3. The van der Waals surface area contributed by atoms with Gasteiger partial charge in [0.25, 0.3) is 0 Å². The topological polar surface area (TPSA) is 69.6 Å². The average Bonchev–Trinajstić information content (AvgIpc) is 2.81. The zero-order valence-electron chi connectivity index (χ0n) is 9.60. The molecule has 0 radical (unpaired) electrons. The third kappa shape index (κ3) is 2.42. The average molecular weight is 252 g/mol. The predicted molar refractivity (Wildman–Crippen MR) is 62.8 cm³/mol.